The van der Waals surface area contributed by atoms with Crippen molar-refractivity contribution in [2.45, 2.75) is 39.7 Å². The predicted octanol–water partition coefficient (Wildman–Crippen LogP) is 6.94. The topological polar surface area (TPSA) is 65.6 Å². The Hall–Kier alpha value is -3.63. The average molecular weight is 473 g/mol. The van der Waals surface area contributed by atoms with Gasteiger partial charge in [0.25, 0.3) is 6.07 Å². The summed E-state index contributed by atoms with van der Waals surface area (Å²) in [6.45, 7) is 6.76. The maximum absolute atomic E-state index is 9.71. The zero-order valence-corrected chi connectivity index (χ0v) is 20.9. The van der Waals surface area contributed by atoms with Crippen LogP contribution in [-0.4, -0.2) is 34.7 Å². The average Bonchev–Trinajstić information content (AvgIpc) is 3.26. The molecule has 0 aliphatic heterocycles. The first-order chi connectivity index (χ1) is 16.5. The number of hydrogen-bond donors (Lipinski definition) is 2. The molecule has 0 amide bonds. The Morgan fingerprint density at radius 3 is 2.74 bits per heavy atom. The number of phenolic OH excluding ortho intramolecular Hbond substituents is 1. The number of thiophene rings is 1. The minimum atomic E-state index is 0.242. The quantitative estimate of drug-likeness (QED) is 0.272. The fraction of sp³-hybridized carbons (Fsp3) is 0.296. The third-order valence-corrected chi connectivity index (χ3v) is 6.73. The minimum absolute atomic E-state index is 0.242. The highest BCUT2D eigenvalue weighted by atomic mass is 32.1. The second-order valence-electron chi connectivity index (χ2n) is 8.45. The number of benzene rings is 2. The summed E-state index contributed by atoms with van der Waals surface area (Å²) in [5, 5.41) is 16.5. The van der Waals surface area contributed by atoms with Gasteiger partial charge in [0, 0.05) is 40.7 Å². The Morgan fingerprint density at radius 1 is 1.15 bits per heavy atom. The van der Waals surface area contributed by atoms with Crippen LogP contribution in [0.1, 0.15) is 32.8 Å². The van der Waals surface area contributed by atoms with Gasteiger partial charge in [-0.15, -0.1) is 11.3 Å². The second kappa shape index (κ2) is 10.5. The summed E-state index contributed by atoms with van der Waals surface area (Å²) in [4.78, 5) is 16.6. The lowest BCUT2D eigenvalue weighted by Gasteiger charge is -2.22. The van der Waals surface area contributed by atoms with Gasteiger partial charge in [-0.3, -0.25) is 0 Å². The molecule has 0 fully saturated rings. The molecule has 4 aromatic rings. The van der Waals surface area contributed by atoms with E-state index in [9.17, 15) is 5.11 Å². The van der Waals surface area contributed by atoms with Crippen molar-refractivity contribution in [1.29, 1.82) is 0 Å². The van der Waals surface area contributed by atoms with Gasteiger partial charge in [-0.05, 0) is 55.3 Å². The lowest BCUT2D eigenvalue weighted by Crippen LogP contribution is -2.27. The maximum Gasteiger partial charge on any atom is 0.423 e. The van der Waals surface area contributed by atoms with E-state index in [1.807, 2.05) is 31.3 Å². The summed E-state index contributed by atoms with van der Waals surface area (Å²) in [6.07, 6.45) is 1.74. The number of aromatic nitrogens is 2. The number of anilines is 2. The Morgan fingerprint density at radius 2 is 1.97 bits per heavy atom. The van der Waals surface area contributed by atoms with Gasteiger partial charge in [-0.1, -0.05) is 30.3 Å². The molecule has 2 N–H and O–H groups in total. The van der Waals surface area contributed by atoms with Crippen molar-refractivity contribution in [2.24, 2.45) is 0 Å². The van der Waals surface area contributed by atoms with E-state index in [1.165, 1.54) is 4.70 Å². The van der Waals surface area contributed by atoms with E-state index < -0.39 is 0 Å². The number of hydrogen-bond acceptors (Lipinski definition) is 6. The van der Waals surface area contributed by atoms with Crippen LogP contribution in [-0.2, 0) is 6.42 Å². The molecule has 0 aliphatic rings. The monoisotopic (exact) mass is 472 g/mol. The van der Waals surface area contributed by atoms with Crippen LogP contribution in [0.5, 0.6) is 5.75 Å². The lowest BCUT2D eigenvalue weighted by atomic mass is 10.1. The first kappa shape index (κ1) is 23.5. The van der Waals surface area contributed by atoms with Crippen LogP contribution < -0.4 is 10.2 Å². The molecular weight excluding hydrogens is 442 g/mol. The van der Waals surface area contributed by atoms with E-state index in [2.05, 4.69) is 58.6 Å². The van der Waals surface area contributed by atoms with Crippen LogP contribution in [0, 0.1) is 6.07 Å². The number of nitrogens with zero attached hydrogens (tertiary/aromatic N) is 4. The predicted molar refractivity (Wildman–Crippen MR) is 144 cm³/mol. The zero-order chi connectivity index (χ0) is 24.1. The van der Waals surface area contributed by atoms with Gasteiger partial charge in [-0.25, -0.2) is 9.97 Å². The highest BCUT2D eigenvalue weighted by Crippen LogP contribution is 2.39. The molecule has 0 saturated heterocycles. The van der Waals surface area contributed by atoms with Crippen molar-refractivity contribution in [3.8, 4) is 23.2 Å². The van der Waals surface area contributed by atoms with Crippen LogP contribution in [0.3, 0.4) is 0 Å². The molecule has 7 heteroatoms. The van der Waals surface area contributed by atoms with Crippen molar-refractivity contribution in [3.05, 3.63) is 64.3 Å². The summed E-state index contributed by atoms with van der Waals surface area (Å²) >= 11 is 1.70. The van der Waals surface area contributed by atoms with E-state index >= 15 is 0 Å². The number of aromatic hydroxyl groups is 1. The molecule has 0 aliphatic carbocycles. The molecule has 0 spiro atoms. The third-order valence-electron chi connectivity index (χ3n) is 5.77. The molecule has 6 nitrogen and oxygen atoms in total. The van der Waals surface area contributed by atoms with Crippen molar-refractivity contribution < 1.29 is 5.11 Å². The standard InChI is InChI=1S/C27H29N5OS/c1-5-28-24-26(29-15-9-11-19-10-8-12-20(33)16-19)30-25(31-27(24)32(4)18(2)3)22-17-34-23-14-7-6-13-21(22)23/h6-8,10,12-14,16-18H,9,11,15H2,1-4H3,(H-,29,30,31,33)/p+1. The molecular formula is C27H30N5OS+. The van der Waals surface area contributed by atoms with Gasteiger partial charge in [0.2, 0.25) is 11.6 Å². The fourth-order valence-corrected chi connectivity index (χ4v) is 4.69. The highest BCUT2D eigenvalue weighted by Gasteiger charge is 2.28. The summed E-state index contributed by atoms with van der Waals surface area (Å²) in [6, 6.07) is 18.9. The number of nitrogens with one attached hydrogen (secondary N) is 1. The molecule has 0 saturated carbocycles. The molecule has 0 bridgehead atoms. The SMILES string of the molecule is CC#[N+]c1c(NCCCc2cccc(O)c2)nc(-c2csc3ccccc23)nc1N(C)C(C)C. The Bertz CT molecular complexity index is 1350. The summed E-state index contributed by atoms with van der Waals surface area (Å²) in [5.74, 6) is 2.46. The Kier molecular flexibility index (Phi) is 7.29. The van der Waals surface area contributed by atoms with Crippen LogP contribution in [0.15, 0.2) is 53.9 Å². The van der Waals surface area contributed by atoms with E-state index in [0.717, 1.165) is 35.2 Å². The maximum atomic E-state index is 9.71. The van der Waals surface area contributed by atoms with Gasteiger partial charge < -0.3 is 15.3 Å². The zero-order valence-electron chi connectivity index (χ0n) is 20.0. The third kappa shape index (κ3) is 5.13. The molecule has 2 aromatic heterocycles. The van der Waals surface area contributed by atoms with Crippen LogP contribution >= 0.6 is 11.3 Å². The van der Waals surface area contributed by atoms with Crippen molar-refractivity contribution in [2.75, 3.05) is 23.8 Å². The van der Waals surface area contributed by atoms with Crippen LogP contribution in [0.4, 0.5) is 17.3 Å². The largest absolute Gasteiger partial charge is 0.508 e. The van der Waals surface area contributed by atoms with Gasteiger partial charge in [0.1, 0.15) is 5.75 Å². The number of aryl methyl sites for hydroxylation is 1. The molecule has 2 heterocycles. The van der Waals surface area contributed by atoms with Crippen molar-refractivity contribution in [3.63, 3.8) is 0 Å². The normalized spacial score (nSPS) is 10.9. The molecule has 0 atom stereocenters. The summed E-state index contributed by atoms with van der Waals surface area (Å²) in [5.41, 5.74) is 2.83. The van der Waals surface area contributed by atoms with Gasteiger partial charge >= 0.3 is 5.69 Å². The first-order valence-electron chi connectivity index (χ1n) is 11.5. The van der Waals surface area contributed by atoms with E-state index in [-0.39, 0.29) is 6.04 Å². The first-order valence-corrected chi connectivity index (χ1v) is 12.4. The Labute approximate surface area is 204 Å². The van der Waals surface area contributed by atoms with Crippen molar-refractivity contribution >= 4 is 38.7 Å². The van der Waals surface area contributed by atoms with Gasteiger partial charge in [0.05, 0.1) is 6.92 Å². The minimum Gasteiger partial charge on any atom is -0.508 e. The molecule has 174 valence electrons. The van der Waals surface area contributed by atoms with Crippen LogP contribution in [0.2, 0.25) is 0 Å². The van der Waals surface area contributed by atoms with E-state index in [0.29, 0.717) is 29.6 Å². The van der Waals surface area contributed by atoms with Gasteiger partial charge in [-0.2, -0.15) is 0 Å². The number of rotatable bonds is 8. The van der Waals surface area contributed by atoms with E-state index in [4.69, 9.17) is 9.97 Å². The molecule has 2 aromatic carbocycles. The fourth-order valence-electron chi connectivity index (χ4n) is 3.75. The van der Waals surface area contributed by atoms with Crippen molar-refractivity contribution in [1.82, 2.24) is 9.97 Å². The van der Waals surface area contributed by atoms with Gasteiger partial charge in [0.15, 0.2) is 5.82 Å². The molecule has 0 unspecified atom stereocenters. The highest BCUT2D eigenvalue weighted by molar-refractivity contribution is 7.17. The smallest absolute Gasteiger partial charge is 0.423 e. The van der Waals surface area contributed by atoms with E-state index in [1.54, 1.807) is 24.3 Å². The molecule has 4 rings (SSSR count). The Balaban J connectivity index is 1.69. The number of fused-ring (bicyclic) bond motifs is 1. The summed E-state index contributed by atoms with van der Waals surface area (Å²) in [7, 11) is 2.03. The van der Waals surface area contributed by atoms with Crippen LogP contribution in [0.25, 0.3) is 26.3 Å². The lowest BCUT2D eigenvalue weighted by molar-refractivity contribution is 0.474. The molecule has 34 heavy (non-hydrogen) atoms. The number of phenols is 1. The second-order valence-corrected chi connectivity index (χ2v) is 9.37. The molecule has 0 radical (unpaired) electrons. The summed E-state index contributed by atoms with van der Waals surface area (Å²) < 4.78 is 1.21.